The number of halogens is 1. The topological polar surface area (TPSA) is 20.2 Å². The van der Waals surface area contributed by atoms with Crippen molar-refractivity contribution in [1.82, 2.24) is 0 Å². The van der Waals surface area contributed by atoms with Crippen molar-refractivity contribution in [2.75, 3.05) is 0 Å². The van der Waals surface area contributed by atoms with Crippen molar-refractivity contribution in [3.63, 3.8) is 0 Å². The molecule has 1 nitrogen and oxygen atoms in total. The zero-order chi connectivity index (χ0) is 13.0. The lowest BCUT2D eigenvalue weighted by Crippen LogP contribution is -2.34. The number of aliphatic hydroxyl groups excluding tert-OH is 1. The summed E-state index contributed by atoms with van der Waals surface area (Å²) in [4.78, 5) is -1.11. The van der Waals surface area contributed by atoms with Crippen molar-refractivity contribution >= 4 is 11.6 Å². The maximum atomic E-state index is 10.1. The highest BCUT2D eigenvalue weighted by molar-refractivity contribution is 6.26. The maximum absolute atomic E-state index is 10.1. The molecule has 2 rings (SSSR count). The van der Waals surface area contributed by atoms with Gasteiger partial charge in [-0.1, -0.05) is 66.6 Å². The Kier molecular flexibility index (Phi) is 3.72. The first-order valence-electron chi connectivity index (χ1n) is 5.63. The van der Waals surface area contributed by atoms with Crippen LogP contribution in [0.4, 0.5) is 0 Å². The minimum Gasteiger partial charge on any atom is -0.378 e. The number of rotatable bonds is 3. The van der Waals surface area contributed by atoms with E-state index in [-0.39, 0.29) is 0 Å². The fourth-order valence-electron chi connectivity index (χ4n) is 1.96. The maximum Gasteiger partial charge on any atom is 0.141 e. The van der Waals surface area contributed by atoms with Gasteiger partial charge in [-0.25, -0.2) is 0 Å². The third kappa shape index (κ3) is 2.13. The molecule has 0 aliphatic rings. The summed E-state index contributed by atoms with van der Waals surface area (Å²) in [6.45, 7) is 0. The number of alkyl halides is 1. The van der Waals surface area contributed by atoms with Crippen LogP contribution in [-0.4, -0.2) is 11.2 Å². The van der Waals surface area contributed by atoms with Crippen LogP contribution in [0.1, 0.15) is 11.1 Å². The lowest BCUT2D eigenvalue weighted by atomic mass is 9.86. The lowest BCUT2D eigenvalue weighted by Gasteiger charge is -2.30. The fourth-order valence-corrected chi connectivity index (χ4v) is 2.27. The summed E-state index contributed by atoms with van der Waals surface area (Å²) in [5.41, 5.74) is 1.56. The highest BCUT2D eigenvalue weighted by atomic mass is 35.5. The largest absolute Gasteiger partial charge is 0.378 e. The van der Waals surface area contributed by atoms with Crippen LogP contribution in [0.15, 0.2) is 60.7 Å². The van der Waals surface area contributed by atoms with Gasteiger partial charge in [0.2, 0.25) is 0 Å². The molecule has 0 fully saturated rings. The van der Waals surface area contributed by atoms with Gasteiger partial charge >= 0.3 is 0 Å². The van der Waals surface area contributed by atoms with Gasteiger partial charge in [0, 0.05) is 0 Å². The van der Waals surface area contributed by atoms with E-state index >= 15 is 0 Å². The summed E-state index contributed by atoms with van der Waals surface area (Å²) in [5, 5.41) is 10.1. The van der Waals surface area contributed by atoms with E-state index in [9.17, 15) is 5.11 Å². The van der Waals surface area contributed by atoms with Crippen LogP contribution < -0.4 is 0 Å². The van der Waals surface area contributed by atoms with Gasteiger partial charge in [-0.05, 0) is 11.1 Å². The van der Waals surface area contributed by atoms with Crippen molar-refractivity contribution < 1.29 is 5.11 Å². The third-order valence-electron chi connectivity index (χ3n) is 2.92. The van der Waals surface area contributed by atoms with Crippen LogP contribution in [0.5, 0.6) is 0 Å². The van der Waals surface area contributed by atoms with Crippen LogP contribution in [-0.2, 0) is 4.87 Å². The Bertz CT molecular complexity index is 503. The fraction of sp³-hybridized carbons (Fsp3) is 0.125. The van der Waals surface area contributed by atoms with Crippen molar-refractivity contribution in [3.05, 3.63) is 71.8 Å². The Hall–Kier alpha value is -1.75. The zero-order valence-electron chi connectivity index (χ0n) is 9.75. The van der Waals surface area contributed by atoms with Crippen LogP contribution in [0.2, 0.25) is 0 Å². The quantitative estimate of drug-likeness (QED) is 0.661. The molecule has 0 saturated carbocycles. The molecule has 0 spiro atoms. The highest BCUT2D eigenvalue weighted by Gasteiger charge is 2.38. The van der Waals surface area contributed by atoms with Gasteiger partial charge in [-0.15, -0.1) is 18.0 Å². The predicted octanol–water partition coefficient (Wildman–Crippen LogP) is 3.16. The second-order valence-corrected chi connectivity index (χ2v) is 4.61. The van der Waals surface area contributed by atoms with E-state index in [1.165, 1.54) is 0 Å². The second kappa shape index (κ2) is 5.27. The van der Waals surface area contributed by atoms with Crippen molar-refractivity contribution in [2.45, 2.75) is 11.0 Å². The molecule has 0 radical (unpaired) electrons. The summed E-state index contributed by atoms with van der Waals surface area (Å²) >= 11 is 6.65. The van der Waals surface area contributed by atoms with Gasteiger partial charge in [0.1, 0.15) is 11.0 Å². The molecule has 0 aromatic heterocycles. The minimum atomic E-state index is -1.11. The summed E-state index contributed by atoms with van der Waals surface area (Å²) < 4.78 is 0. The van der Waals surface area contributed by atoms with E-state index in [1.54, 1.807) is 0 Å². The van der Waals surface area contributed by atoms with E-state index < -0.39 is 11.0 Å². The number of aliphatic hydroxyl groups is 1. The molecule has 2 aromatic rings. The van der Waals surface area contributed by atoms with Crippen molar-refractivity contribution in [1.29, 1.82) is 0 Å². The minimum absolute atomic E-state index is 0.781. The molecular formula is C16H13ClO. The van der Waals surface area contributed by atoms with Crippen molar-refractivity contribution in [2.24, 2.45) is 0 Å². The lowest BCUT2D eigenvalue weighted by molar-refractivity contribution is 0.196. The smallest absolute Gasteiger partial charge is 0.141 e. The standard InChI is InChI=1S/C16H13ClO/c1-2-15(18)16(17,13-9-5-3-6-10-13)14-11-7-4-8-12-14/h1,3-12,15,18H. The van der Waals surface area contributed by atoms with Gasteiger partial charge in [0.25, 0.3) is 0 Å². The molecule has 0 saturated heterocycles. The van der Waals surface area contributed by atoms with Crippen LogP contribution >= 0.6 is 11.6 Å². The molecule has 0 aliphatic heterocycles. The first-order valence-corrected chi connectivity index (χ1v) is 6.01. The molecule has 0 amide bonds. The average molecular weight is 257 g/mol. The first-order chi connectivity index (χ1) is 8.69. The number of benzene rings is 2. The second-order valence-electron chi connectivity index (χ2n) is 4.01. The zero-order valence-corrected chi connectivity index (χ0v) is 10.5. The molecule has 0 aliphatic carbocycles. The van der Waals surface area contributed by atoms with Gasteiger partial charge < -0.3 is 5.11 Å². The summed E-state index contributed by atoms with van der Waals surface area (Å²) in [6.07, 6.45) is 4.25. The van der Waals surface area contributed by atoms with E-state index in [2.05, 4.69) is 5.92 Å². The van der Waals surface area contributed by atoms with E-state index in [0.29, 0.717) is 0 Å². The number of hydrogen-bond donors (Lipinski definition) is 1. The van der Waals surface area contributed by atoms with Gasteiger partial charge in [0.15, 0.2) is 0 Å². The normalized spacial score (nSPS) is 12.7. The Morgan fingerprint density at radius 1 is 0.944 bits per heavy atom. The van der Waals surface area contributed by atoms with Crippen LogP contribution in [0, 0.1) is 12.3 Å². The Morgan fingerprint density at radius 3 is 1.67 bits per heavy atom. The molecule has 2 heteroatoms. The molecule has 1 N–H and O–H groups in total. The van der Waals surface area contributed by atoms with E-state index in [1.807, 2.05) is 60.7 Å². The van der Waals surface area contributed by atoms with E-state index in [4.69, 9.17) is 18.0 Å². The Morgan fingerprint density at radius 2 is 1.33 bits per heavy atom. The molecule has 90 valence electrons. The van der Waals surface area contributed by atoms with Gasteiger partial charge in [-0.3, -0.25) is 0 Å². The Labute approximate surface area is 112 Å². The molecule has 18 heavy (non-hydrogen) atoms. The van der Waals surface area contributed by atoms with Crippen LogP contribution in [0.25, 0.3) is 0 Å². The van der Waals surface area contributed by atoms with Crippen molar-refractivity contribution in [3.8, 4) is 12.3 Å². The van der Waals surface area contributed by atoms with Crippen LogP contribution in [0.3, 0.4) is 0 Å². The Balaban J connectivity index is 2.60. The van der Waals surface area contributed by atoms with Gasteiger partial charge in [0.05, 0.1) is 0 Å². The molecule has 1 atom stereocenters. The molecule has 2 aromatic carbocycles. The molecule has 0 heterocycles. The average Bonchev–Trinajstić information content (AvgIpc) is 2.47. The highest BCUT2D eigenvalue weighted by Crippen LogP contribution is 2.39. The number of terminal acetylenes is 1. The number of hydrogen-bond acceptors (Lipinski definition) is 1. The summed E-state index contributed by atoms with van der Waals surface area (Å²) in [6, 6.07) is 18.7. The SMILES string of the molecule is C#CC(O)C(Cl)(c1ccccc1)c1ccccc1. The van der Waals surface area contributed by atoms with E-state index in [0.717, 1.165) is 11.1 Å². The summed E-state index contributed by atoms with van der Waals surface area (Å²) in [5.74, 6) is 2.33. The monoisotopic (exact) mass is 256 g/mol. The molecular weight excluding hydrogens is 244 g/mol. The molecule has 1 unspecified atom stereocenters. The third-order valence-corrected chi connectivity index (χ3v) is 3.57. The van der Waals surface area contributed by atoms with Gasteiger partial charge in [-0.2, -0.15) is 0 Å². The first kappa shape index (κ1) is 12.7. The molecule has 0 bridgehead atoms. The predicted molar refractivity (Wildman–Crippen MR) is 74.4 cm³/mol. The summed E-state index contributed by atoms with van der Waals surface area (Å²) in [7, 11) is 0.